The molecule has 340 valence electrons. The molecule has 2 unspecified atom stereocenters. The molecule has 6 heteroatoms. The summed E-state index contributed by atoms with van der Waals surface area (Å²) >= 11 is 0. The summed E-state index contributed by atoms with van der Waals surface area (Å²) in [6.45, 7) is 4.82. The number of unbranched alkanes of at least 4 members (excludes halogenated alkanes) is 31. The van der Waals surface area contributed by atoms with Crippen molar-refractivity contribution in [2.24, 2.45) is 0 Å². The summed E-state index contributed by atoms with van der Waals surface area (Å²) in [6, 6.07) is -0.635. The number of rotatable bonds is 46. The maximum atomic E-state index is 12.4. The zero-order chi connectivity index (χ0) is 42.3. The van der Waals surface area contributed by atoms with E-state index < -0.39 is 12.1 Å². The molecule has 0 rings (SSSR count). The van der Waals surface area contributed by atoms with Crippen molar-refractivity contribution in [3.05, 3.63) is 36.5 Å². The summed E-state index contributed by atoms with van der Waals surface area (Å²) < 4.78 is 5.45. The van der Waals surface area contributed by atoms with Crippen LogP contribution < -0.4 is 5.32 Å². The van der Waals surface area contributed by atoms with E-state index in [9.17, 15) is 19.8 Å². The Balaban J connectivity index is 3.49. The van der Waals surface area contributed by atoms with E-state index >= 15 is 0 Å². The van der Waals surface area contributed by atoms with E-state index in [1.54, 1.807) is 6.08 Å². The number of aliphatic hydroxyl groups is 2. The molecule has 3 N–H and O–H groups in total. The van der Waals surface area contributed by atoms with Crippen LogP contribution in [0, 0.1) is 0 Å². The first-order valence-corrected chi connectivity index (χ1v) is 25.3. The molecule has 0 saturated heterocycles. The number of amides is 1. The van der Waals surface area contributed by atoms with Crippen LogP contribution in [0.15, 0.2) is 36.5 Å². The summed E-state index contributed by atoms with van der Waals surface area (Å²) in [5.74, 6) is -0.0991. The van der Waals surface area contributed by atoms with Gasteiger partial charge < -0.3 is 20.3 Å². The highest BCUT2D eigenvalue weighted by Crippen LogP contribution is 2.15. The van der Waals surface area contributed by atoms with Crippen molar-refractivity contribution in [1.29, 1.82) is 0 Å². The Labute approximate surface area is 360 Å². The van der Waals surface area contributed by atoms with Crippen LogP contribution >= 0.6 is 0 Å². The molecule has 0 aliphatic heterocycles. The van der Waals surface area contributed by atoms with Crippen LogP contribution in [-0.2, 0) is 14.3 Å². The molecule has 0 saturated carbocycles. The lowest BCUT2D eigenvalue weighted by atomic mass is 10.0. The fourth-order valence-corrected chi connectivity index (χ4v) is 7.47. The Morgan fingerprint density at radius 2 is 0.879 bits per heavy atom. The van der Waals surface area contributed by atoms with Gasteiger partial charge in [0.25, 0.3) is 0 Å². The third-order valence-corrected chi connectivity index (χ3v) is 11.4. The highest BCUT2D eigenvalue weighted by Gasteiger charge is 2.18. The van der Waals surface area contributed by atoms with Crippen molar-refractivity contribution in [3.8, 4) is 0 Å². The van der Waals surface area contributed by atoms with Gasteiger partial charge in [0, 0.05) is 12.8 Å². The predicted molar refractivity (Wildman–Crippen MR) is 250 cm³/mol. The number of hydrogen-bond donors (Lipinski definition) is 3. The lowest BCUT2D eigenvalue weighted by Gasteiger charge is -2.20. The average Bonchev–Trinajstić information content (AvgIpc) is 3.22. The molecule has 6 nitrogen and oxygen atoms in total. The molecule has 0 bridgehead atoms. The molecule has 0 aromatic carbocycles. The third kappa shape index (κ3) is 43.7. The number of carbonyl (C=O) groups is 2. The average molecular weight is 816 g/mol. The summed E-state index contributed by atoms with van der Waals surface area (Å²) in [6.07, 6.45) is 57.0. The molecule has 0 radical (unpaired) electrons. The third-order valence-electron chi connectivity index (χ3n) is 11.4. The van der Waals surface area contributed by atoms with Crippen LogP contribution in [0.1, 0.15) is 258 Å². The van der Waals surface area contributed by atoms with Crippen LogP contribution in [0.5, 0.6) is 0 Å². The number of carbonyl (C=O) groups excluding carboxylic acids is 2. The highest BCUT2D eigenvalue weighted by atomic mass is 16.5. The van der Waals surface area contributed by atoms with Crippen molar-refractivity contribution >= 4 is 11.9 Å². The molecule has 0 heterocycles. The van der Waals surface area contributed by atoms with Crippen LogP contribution in [0.3, 0.4) is 0 Å². The Kier molecular flexibility index (Phi) is 46.2. The summed E-state index contributed by atoms with van der Waals surface area (Å²) in [5.41, 5.74) is 0. The van der Waals surface area contributed by atoms with Gasteiger partial charge in [-0.2, -0.15) is 0 Å². The topological polar surface area (TPSA) is 95.9 Å². The Morgan fingerprint density at radius 1 is 0.483 bits per heavy atom. The van der Waals surface area contributed by atoms with Crippen molar-refractivity contribution in [1.82, 2.24) is 5.32 Å². The lowest BCUT2D eigenvalue weighted by molar-refractivity contribution is -0.143. The second-order valence-corrected chi connectivity index (χ2v) is 17.1. The van der Waals surface area contributed by atoms with E-state index in [0.717, 1.165) is 64.2 Å². The van der Waals surface area contributed by atoms with Gasteiger partial charge in [0.15, 0.2) is 0 Å². The normalized spacial score (nSPS) is 13.0. The zero-order valence-corrected chi connectivity index (χ0v) is 38.5. The maximum absolute atomic E-state index is 12.4. The van der Waals surface area contributed by atoms with E-state index in [-0.39, 0.29) is 18.5 Å². The quantitative estimate of drug-likeness (QED) is 0.0323. The molecular formula is C52H97NO5. The molecule has 0 aliphatic rings. The van der Waals surface area contributed by atoms with Crippen LogP contribution in [-0.4, -0.2) is 47.4 Å². The number of aliphatic hydroxyl groups excluding tert-OH is 2. The highest BCUT2D eigenvalue weighted by molar-refractivity contribution is 5.76. The first-order valence-electron chi connectivity index (χ1n) is 25.3. The van der Waals surface area contributed by atoms with Gasteiger partial charge in [-0.3, -0.25) is 9.59 Å². The molecule has 0 aromatic rings. The van der Waals surface area contributed by atoms with Crippen LogP contribution in [0.4, 0.5) is 0 Å². The van der Waals surface area contributed by atoms with Crippen LogP contribution in [0.25, 0.3) is 0 Å². The van der Waals surface area contributed by atoms with Crippen molar-refractivity contribution < 1.29 is 24.5 Å². The van der Waals surface area contributed by atoms with Gasteiger partial charge in [-0.1, -0.05) is 224 Å². The van der Waals surface area contributed by atoms with Crippen molar-refractivity contribution in [2.75, 3.05) is 13.2 Å². The SMILES string of the molecule is CCCC/C=C\C/C=C\CCCCCCCC(=O)OCCCCCCCCCCCCCCCCC(=O)NC(CO)C(O)/C=C/CCCCCCCCCCCCC. The molecule has 0 aromatic heterocycles. The number of hydrogen-bond acceptors (Lipinski definition) is 5. The van der Waals surface area contributed by atoms with Gasteiger partial charge in [-0.15, -0.1) is 0 Å². The van der Waals surface area contributed by atoms with Crippen molar-refractivity contribution in [2.45, 2.75) is 270 Å². The monoisotopic (exact) mass is 816 g/mol. The van der Waals surface area contributed by atoms with E-state index in [1.807, 2.05) is 6.08 Å². The summed E-state index contributed by atoms with van der Waals surface area (Å²) in [4.78, 5) is 24.4. The van der Waals surface area contributed by atoms with Gasteiger partial charge in [-0.05, 0) is 57.8 Å². The molecule has 58 heavy (non-hydrogen) atoms. The second-order valence-electron chi connectivity index (χ2n) is 17.1. The fraction of sp³-hybridized carbons (Fsp3) is 0.846. The lowest BCUT2D eigenvalue weighted by Crippen LogP contribution is -2.45. The van der Waals surface area contributed by atoms with Gasteiger partial charge >= 0.3 is 5.97 Å². The molecule has 2 atom stereocenters. The number of ether oxygens (including phenoxy) is 1. The first-order chi connectivity index (χ1) is 28.5. The van der Waals surface area contributed by atoms with Gasteiger partial charge in [-0.25, -0.2) is 0 Å². The molecule has 0 aliphatic carbocycles. The zero-order valence-electron chi connectivity index (χ0n) is 38.5. The van der Waals surface area contributed by atoms with Gasteiger partial charge in [0.1, 0.15) is 0 Å². The molecule has 0 fully saturated rings. The van der Waals surface area contributed by atoms with E-state index in [1.165, 1.54) is 167 Å². The van der Waals surface area contributed by atoms with Gasteiger partial charge in [0.05, 0.1) is 25.4 Å². The number of allylic oxidation sites excluding steroid dienone is 5. The molecule has 1 amide bonds. The minimum absolute atomic E-state index is 0.0188. The van der Waals surface area contributed by atoms with E-state index in [0.29, 0.717) is 19.4 Å². The Morgan fingerprint density at radius 3 is 1.36 bits per heavy atom. The van der Waals surface area contributed by atoms with Crippen molar-refractivity contribution in [3.63, 3.8) is 0 Å². The number of nitrogens with one attached hydrogen (secondary N) is 1. The minimum Gasteiger partial charge on any atom is -0.466 e. The second kappa shape index (κ2) is 47.8. The Hall–Kier alpha value is -1.92. The maximum Gasteiger partial charge on any atom is 0.305 e. The predicted octanol–water partition coefficient (Wildman–Crippen LogP) is 14.9. The number of esters is 1. The van der Waals surface area contributed by atoms with E-state index in [4.69, 9.17) is 4.74 Å². The van der Waals surface area contributed by atoms with Gasteiger partial charge in [0.2, 0.25) is 5.91 Å². The Bertz CT molecular complexity index is 946. The molecular weight excluding hydrogens is 719 g/mol. The summed E-state index contributed by atoms with van der Waals surface area (Å²) in [5, 5.41) is 23.0. The van der Waals surface area contributed by atoms with E-state index in [2.05, 4.69) is 43.5 Å². The fourth-order valence-electron chi connectivity index (χ4n) is 7.47. The molecule has 0 spiro atoms. The smallest absolute Gasteiger partial charge is 0.305 e. The standard InChI is InChI=1S/C52H97NO5/c1-3-5-7-9-11-13-15-17-22-26-30-34-38-42-46-52(57)58-47-43-39-35-31-27-23-19-18-21-25-29-33-37-41-45-51(56)53-49(48-54)50(55)44-40-36-32-28-24-20-16-14-12-10-8-6-4-2/h9,11,15,17,40,44,49-50,54-55H,3-8,10,12-14,16,18-39,41-43,45-48H2,1-2H3,(H,53,56)/b11-9-,17-15-,44-40+. The first kappa shape index (κ1) is 56.1. The van der Waals surface area contributed by atoms with Crippen LogP contribution in [0.2, 0.25) is 0 Å². The summed E-state index contributed by atoms with van der Waals surface area (Å²) in [7, 11) is 0. The largest absolute Gasteiger partial charge is 0.466 e. The minimum atomic E-state index is -0.851.